The van der Waals surface area contributed by atoms with E-state index in [1.165, 1.54) is 20.8 Å². The van der Waals surface area contributed by atoms with Crippen molar-refractivity contribution in [3.63, 3.8) is 0 Å². The largest absolute Gasteiger partial charge is 0.462 e. The molecule has 4 bridgehead atoms. The van der Waals surface area contributed by atoms with Crippen molar-refractivity contribution in [1.82, 2.24) is 0 Å². The molecular weight excluding hydrogens is 472 g/mol. The number of esters is 3. The van der Waals surface area contributed by atoms with Gasteiger partial charge in [-0.05, 0) is 30.3 Å². The van der Waals surface area contributed by atoms with Crippen molar-refractivity contribution in [2.45, 2.75) is 96.1 Å². The zero-order valence-corrected chi connectivity index (χ0v) is 21.4. The summed E-state index contributed by atoms with van der Waals surface area (Å²) < 4.78 is 23.6. The van der Waals surface area contributed by atoms with Gasteiger partial charge in [0.05, 0.1) is 17.6 Å². The maximum absolute atomic E-state index is 12.3. The molecule has 0 aromatic heterocycles. The van der Waals surface area contributed by atoms with E-state index in [2.05, 4.69) is 6.58 Å². The number of fused-ring (bicyclic) bond motifs is 2. The maximum atomic E-state index is 12.3. The first-order valence-corrected chi connectivity index (χ1v) is 12.5. The fourth-order valence-electron chi connectivity index (χ4n) is 9.10. The normalized spacial score (nSPS) is 50.1. The van der Waals surface area contributed by atoms with Crippen LogP contribution >= 0.6 is 0 Å². The molecule has 2 heterocycles. The molecule has 0 radical (unpaired) electrons. The summed E-state index contributed by atoms with van der Waals surface area (Å²) in [6, 6.07) is 0. The van der Waals surface area contributed by atoms with Gasteiger partial charge >= 0.3 is 17.9 Å². The molecule has 6 aliphatic rings. The minimum absolute atomic E-state index is 0.0382. The van der Waals surface area contributed by atoms with Crippen molar-refractivity contribution in [3.05, 3.63) is 12.2 Å². The number of aliphatic hydroxyl groups is 3. The Morgan fingerprint density at radius 3 is 2.19 bits per heavy atom. The molecule has 2 spiro atoms. The summed E-state index contributed by atoms with van der Waals surface area (Å²) in [5, 5.41) is 35.9. The van der Waals surface area contributed by atoms with Crippen molar-refractivity contribution in [2.24, 2.45) is 28.1 Å². The number of carbonyl (C=O) groups excluding carboxylic acids is 3. The summed E-state index contributed by atoms with van der Waals surface area (Å²) in [5.41, 5.74) is -4.73. The van der Waals surface area contributed by atoms with E-state index in [0.717, 1.165) is 0 Å². The Morgan fingerprint density at radius 2 is 1.61 bits per heavy atom. The zero-order valence-electron chi connectivity index (χ0n) is 21.4. The molecule has 0 aromatic rings. The number of aliphatic hydroxyl groups excluding tert-OH is 1. The Hall–Kier alpha value is -2.01. The van der Waals surface area contributed by atoms with Crippen molar-refractivity contribution in [3.8, 4) is 0 Å². The van der Waals surface area contributed by atoms with Gasteiger partial charge in [-0.15, -0.1) is 0 Å². The summed E-state index contributed by atoms with van der Waals surface area (Å²) >= 11 is 0. The lowest BCUT2D eigenvalue weighted by Gasteiger charge is -2.75. The molecule has 6 rings (SSSR count). The topological polar surface area (TPSA) is 149 Å². The van der Waals surface area contributed by atoms with Gasteiger partial charge in [0, 0.05) is 44.4 Å². The van der Waals surface area contributed by atoms with Crippen LogP contribution in [0.1, 0.15) is 60.3 Å². The van der Waals surface area contributed by atoms with E-state index in [-0.39, 0.29) is 25.0 Å². The van der Waals surface area contributed by atoms with Gasteiger partial charge in [-0.1, -0.05) is 20.4 Å². The summed E-state index contributed by atoms with van der Waals surface area (Å²) in [6.07, 6.45) is -3.49. The van der Waals surface area contributed by atoms with E-state index in [1.54, 1.807) is 0 Å². The number of carbonyl (C=O) groups is 3. The highest BCUT2D eigenvalue weighted by Crippen LogP contribution is 2.78. The van der Waals surface area contributed by atoms with E-state index in [4.69, 9.17) is 18.9 Å². The Bertz CT molecular complexity index is 1040. The lowest BCUT2D eigenvalue weighted by atomic mass is 9.35. The highest BCUT2D eigenvalue weighted by molar-refractivity contribution is 5.68. The molecule has 10 heteroatoms. The van der Waals surface area contributed by atoms with Crippen LogP contribution in [0.4, 0.5) is 0 Å². The standard InChI is InChI=1S/C26H36O10/c1-12-21(36-15(4)29)25-10-23(12,31)9-16(34-13(2)27)18(25)24-11-33-26(25,32)20(30)19(24)22(5,6)8-7-17(24)35-14(3)28/h16-21,30-32H,1,7-11H2,2-6H3/t16-,17+,18-,19+,20-,21+,23-,24-,25-,26-/m0/s1. The third-order valence-electron chi connectivity index (χ3n) is 9.92. The second-order valence-electron chi connectivity index (χ2n) is 12.2. The Balaban J connectivity index is 1.83. The number of rotatable bonds is 3. The fraction of sp³-hybridized carbons (Fsp3) is 0.808. The molecule has 4 aliphatic carbocycles. The highest BCUT2D eigenvalue weighted by Gasteiger charge is 2.88. The van der Waals surface area contributed by atoms with E-state index in [9.17, 15) is 29.7 Å². The first kappa shape index (κ1) is 25.6. The van der Waals surface area contributed by atoms with Gasteiger partial charge in [0.25, 0.3) is 0 Å². The van der Waals surface area contributed by atoms with Crippen LogP contribution in [0.5, 0.6) is 0 Å². The van der Waals surface area contributed by atoms with Gasteiger partial charge in [-0.25, -0.2) is 0 Å². The molecule has 10 atom stereocenters. The molecule has 0 aromatic carbocycles. The molecule has 4 saturated carbocycles. The van der Waals surface area contributed by atoms with Gasteiger partial charge in [0.1, 0.15) is 24.4 Å². The molecule has 10 nitrogen and oxygen atoms in total. The predicted molar refractivity (Wildman–Crippen MR) is 122 cm³/mol. The predicted octanol–water partition coefficient (Wildman–Crippen LogP) is 0.995. The Morgan fingerprint density at radius 1 is 1.00 bits per heavy atom. The van der Waals surface area contributed by atoms with Crippen LogP contribution in [-0.4, -0.2) is 75.6 Å². The molecular formula is C26H36O10. The molecule has 6 fully saturated rings. The number of hydrogen-bond acceptors (Lipinski definition) is 10. The summed E-state index contributed by atoms with van der Waals surface area (Å²) in [5.74, 6) is -5.42. The Labute approximate surface area is 209 Å². The second-order valence-corrected chi connectivity index (χ2v) is 12.2. The van der Waals surface area contributed by atoms with Crippen LogP contribution in [0.15, 0.2) is 12.2 Å². The third kappa shape index (κ3) is 2.90. The molecule has 0 unspecified atom stereocenters. The van der Waals surface area contributed by atoms with Gasteiger partial charge in [0.15, 0.2) is 0 Å². The van der Waals surface area contributed by atoms with E-state index in [0.29, 0.717) is 12.8 Å². The van der Waals surface area contributed by atoms with Crippen LogP contribution in [0.25, 0.3) is 0 Å². The summed E-state index contributed by atoms with van der Waals surface area (Å²) in [4.78, 5) is 36.9. The van der Waals surface area contributed by atoms with Crippen LogP contribution in [0.3, 0.4) is 0 Å². The SMILES string of the molecule is C=C1[C@@H](OC(C)=O)[C@]23C[C@@]1(O)C[C@H](OC(C)=O)[C@H]2[C@@]12CO[C@@]3(O)[C@@H](O)[C@@H]1C(C)(C)CC[C@H]2OC(C)=O. The summed E-state index contributed by atoms with van der Waals surface area (Å²) in [6.45, 7) is 11.7. The van der Waals surface area contributed by atoms with Gasteiger partial charge in [-0.3, -0.25) is 14.4 Å². The van der Waals surface area contributed by atoms with Crippen molar-refractivity contribution >= 4 is 17.9 Å². The molecule has 2 aliphatic heterocycles. The highest BCUT2D eigenvalue weighted by atomic mass is 16.7. The lowest BCUT2D eigenvalue weighted by Crippen LogP contribution is -2.86. The van der Waals surface area contributed by atoms with Crippen molar-refractivity contribution < 1.29 is 48.7 Å². The minimum atomic E-state index is -2.26. The molecule has 0 amide bonds. The van der Waals surface area contributed by atoms with E-state index >= 15 is 0 Å². The van der Waals surface area contributed by atoms with Gasteiger partial charge in [-0.2, -0.15) is 0 Å². The Kier molecular flexibility index (Phi) is 5.36. The third-order valence-corrected chi connectivity index (χ3v) is 9.92. The average molecular weight is 509 g/mol. The summed E-state index contributed by atoms with van der Waals surface area (Å²) in [7, 11) is 0. The van der Waals surface area contributed by atoms with Crippen molar-refractivity contribution in [1.29, 1.82) is 0 Å². The van der Waals surface area contributed by atoms with Crippen LogP contribution in [0.2, 0.25) is 0 Å². The molecule has 200 valence electrons. The average Bonchev–Trinajstić information content (AvgIpc) is 2.89. The van der Waals surface area contributed by atoms with E-state index < -0.39 is 81.8 Å². The van der Waals surface area contributed by atoms with Gasteiger partial charge < -0.3 is 34.3 Å². The van der Waals surface area contributed by atoms with Crippen molar-refractivity contribution in [2.75, 3.05) is 6.61 Å². The molecule has 3 N–H and O–H groups in total. The zero-order chi connectivity index (χ0) is 26.6. The maximum Gasteiger partial charge on any atom is 0.303 e. The fourth-order valence-corrected chi connectivity index (χ4v) is 9.10. The number of hydrogen-bond donors (Lipinski definition) is 3. The van der Waals surface area contributed by atoms with Crippen LogP contribution in [-0.2, 0) is 33.3 Å². The first-order chi connectivity index (χ1) is 16.6. The monoisotopic (exact) mass is 508 g/mol. The van der Waals surface area contributed by atoms with Crippen LogP contribution in [0, 0.1) is 28.1 Å². The molecule has 36 heavy (non-hydrogen) atoms. The lowest BCUT2D eigenvalue weighted by molar-refractivity contribution is -0.474. The van der Waals surface area contributed by atoms with E-state index in [1.807, 2.05) is 13.8 Å². The quantitative estimate of drug-likeness (QED) is 0.286. The molecule has 2 saturated heterocycles. The number of ether oxygens (including phenoxy) is 4. The second kappa shape index (κ2) is 7.52. The van der Waals surface area contributed by atoms with Gasteiger partial charge in [0.2, 0.25) is 5.79 Å². The smallest absolute Gasteiger partial charge is 0.303 e. The minimum Gasteiger partial charge on any atom is -0.462 e. The van der Waals surface area contributed by atoms with Crippen LogP contribution < -0.4 is 0 Å². The first-order valence-electron chi connectivity index (χ1n) is 12.5.